The van der Waals surface area contributed by atoms with Gasteiger partial charge in [-0.3, -0.25) is 9.59 Å². The molecule has 1 aliphatic heterocycles. The number of hydrogen-bond donors (Lipinski definition) is 2. The maximum atomic E-state index is 12.5. The highest BCUT2D eigenvalue weighted by molar-refractivity contribution is 5.82. The highest BCUT2D eigenvalue weighted by Gasteiger charge is 2.41. The number of carbonyl (C=O) groups excluding carboxylic acids is 2. The number of amides is 2. The monoisotopic (exact) mass is 434 g/mol. The number of nitrogens with zero attached hydrogens (tertiary/aromatic N) is 1. The number of ether oxygens (including phenoxy) is 1. The van der Waals surface area contributed by atoms with E-state index in [9.17, 15) is 14.4 Å². The fourth-order valence-corrected chi connectivity index (χ4v) is 5.16. The van der Waals surface area contributed by atoms with Gasteiger partial charge in [0.2, 0.25) is 5.91 Å². The van der Waals surface area contributed by atoms with Crippen LogP contribution in [0.4, 0.5) is 4.79 Å². The molecule has 2 amide bonds. The Balaban J connectivity index is 1.11. The molecular formula is C25H26N2O5. The van der Waals surface area contributed by atoms with E-state index >= 15 is 0 Å². The quantitative estimate of drug-likeness (QED) is 0.753. The van der Waals surface area contributed by atoms with Crippen molar-refractivity contribution in [3.8, 4) is 11.1 Å². The zero-order chi connectivity index (χ0) is 22.2. The van der Waals surface area contributed by atoms with E-state index in [0.717, 1.165) is 0 Å². The number of rotatable bonds is 5. The molecule has 1 saturated carbocycles. The highest BCUT2D eigenvalue weighted by atomic mass is 16.5. The summed E-state index contributed by atoms with van der Waals surface area (Å²) in [6, 6.07) is 16.3. The van der Waals surface area contributed by atoms with Crippen LogP contribution in [0.25, 0.3) is 11.1 Å². The SMILES string of the molecule is O=C(NC1CC(C(=O)N2CCC(C(=O)O)C2)C1)OCC1c2ccccc2-c2ccccc21. The van der Waals surface area contributed by atoms with Crippen molar-refractivity contribution in [3.63, 3.8) is 0 Å². The first kappa shape index (κ1) is 20.5. The van der Waals surface area contributed by atoms with Gasteiger partial charge in [0.25, 0.3) is 0 Å². The van der Waals surface area contributed by atoms with Gasteiger partial charge in [-0.2, -0.15) is 0 Å². The van der Waals surface area contributed by atoms with Crippen molar-refractivity contribution < 1.29 is 24.2 Å². The van der Waals surface area contributed by atoms with Gasteiger partial charge >= 0.3 is 12.1 Å². The summed E-state index contributed by atoms with van der Waals surface area (Å²) >= 11 is 0. The maximum Gasteiger partial charge on any atom is 0.407 e. The van der Waals surface area contributed by atoms with Crippen LogP contribution in [0, 0.1) is 11.8 Å². The Labute approximate surface area is 186 Å². The van der Waals surface area contributed by atoms with E-state index in [1.54, 1.807) is 4.90 Å². The van der Waals surface area contributed by atoms with Crippen LogP contribution in [-0.4, -0.2) is 53.7 Å². The zero-order valence-corrected chi connectivity index (χ0v) is 17.7. The Morgan fingerprint density at radius 1 is 0.969 bits per heavy atom. The topological polar surface area (TPSA) is 95.9 Å². The van der Waals surface area contributed by atoms with Gasteiger partial charge < -0.3 is 20.1 Å². The van der Waals surface area contributed by atoms with E-state index in [4.69, 9.17) is 9.84 Å². The lowest BCUT2D eigenvalue weighted by molar-refractivity contribution is -0.142. The lowest BCUT2D eigenvalue weighted by atomic mass is 9.79. The van der Waals surface area contributed by atoms with Gasteiger partial charge in [-0.05, 0) is 41.5 Å². The number of aliphatic carboxylic acids is 1. The van der Waals surface area contributed by atoms with Crippen LogP contribution in [-0.2, 0) is 14.3 Å². The molecule has 0 aromatic heterocycles. The average Bonchev–Trinajstić information content (AvgIpc) is 3.38. The molecule has 2 fully saturated rings. The van der Waals surface area contributed by atoms with Gasteiger partial charge in [0.05, 0.1) is 5.92 Å². The molecule has 0 radical (unpaired) electrons. The van der Waals surface area contributed by atoms with E-state index in [1.165, 1.54) is 22.3 Å². The number of likely N-dealkylation sites (tertiary alicyclic amines) is 1. The fourth-order valence-electron chi connectivity index (χ4n) is 5.16. The van der Waals surface area contributed by atoms with Gasteiger partial charge in [0.1, 0.15) is 6.61 Å². The lowest BCUT2D eigenvalue weighted by Gasteiger charge is -2.36. The average molecular weight is 434 g/mol. The molecule has 1 saturated heterocycles. The number of alkyl carbamates (subject to hydrolysis) is 1. The molecule has 1 unspecified atom stereocenters. The second-order valence-electron chi connectivity index (χ2n) is 8.94. The van der Waals surface area contributed by atoms with Crippen molar-refractivity contribution in [2.24, 2.45) is 11.8 Å². The maximum absolute atomic E-state index is 12.5. The third-order valence-corrected chi connectivity index (χ3v) is 7.00. The number of carboxylic acids is 1. The van der Waals surface area contributed by atoms with Gasteiger partial charge in [-0.15, -0.1) is 0 Å². The molecule has 0 bridgehead atoms. The first-order valence-corrected chi connectivity index (χ1v) is 11.1. The van der Waals surface area contributed by atoms with Gasteiger partial charge in [0, 0.05) is 31.0 Å². The Bertz CT molecular complexity index is 1020. The van der Waals surface area contributed by atoms with E-state index in [1.807, 2.05) is 24.3 Å². The molecule has 0 spiro atoms. The predicted octanol–water partition coefficient (Wildman–Crippen LogP) is 3.24. The number of carboxylic acid groups (broad SMARTS) is 1. The molecule has 166 valence electrons. The standard InChI is InChI=1S/C25H26N2O5/c28-23(27-10-9-15(13-27)24(29)30)16-11-17(12-16)26-25(31)32-14-22-20-7-3-1-5-18(20)19-6-2-4-8-21(19)22/h1-8,15-17,22H,9-14H2,(H,26,31)(H,29,30). The Morgan fingerprint density at radius 3 is 2.19 bits per heavy atom. The molecule has 2 aliphatic carbocycles. The molecule has 2 aromatic rings. The smallest absolute Gasteiger partial charge is 0.407 e. The predicted molar refractivity (Wildman–Crippen MR) is 117 cm³/mol. The minimum Gasteiger partial charge on any atom is -0.481 e. The number of fused-ring (bicyclic) bond motifs is 3. The summed E-state index contributed by atoms with van der Waals surface area (Å²) in [7, 11) is 0. The number of carbonyl (C=O) groups is 3. The molecule has 2 N–H and O–H groups in total. The van der Waals surface area contributed by atoms with Crippen molar-refractivity contribution in [1.82, 2.24) is 10.2 Å². The second-order valence-corrected chi connectivity index (χ2v) is 8.94. The Hall–Kier alpha value is -3.35. The molecule has 1 atom stereocenters. The summed E-state index contributed by atoms with van der Waals surface area (Å²) in [6.07, 6.45) is 1.18. The highest BCUT2D eigenvalue weighted by Crippen LogP contribution is 2.44. The fraction of sp³-hybridized carbons (Fsp3) is 0.400. The van der Waals surface area contributed by atoms with Crippen LogP contribution in [0.1, 0.15) is 36.3 Å². The number of benzene rings is 2. The van der Waals surface area contributed by atoms with Gasteiger partial charge in [0.15, 0.2) is 0 Å². The molecule has 3 aliphatic rings. The number of nitrogens with one attached hydrogen (secondary N) is 1. The van der Waals surface area contributed by atoms with Crippen molar-refractivity contribution >= 4 is 18.0 Å². The Morgan fingerprint density at radius 2 is 1.59 bits per heavy atom. The first-order valence-electron chi connectivity index (χ1n) is 11.1. The second kappa shape index (κ2) is 8.30. The van der Waals surface area contributed by atoms with E-state index in [2.05, 4.69) is 29.6 Å². The van der Waals surface area contributed by atoms with Crippen molar-refractivity contribution in [1.29, 1.82) is 0 Å². The molecule has 2 aromatic carbocycles. The minimum atomic E-state index is -0.844. The first-order chi connectivity index (χ1) is 15.5. The van der Waals surface area contributed by atoms with Crippen molar-refractivity contribution in [2.45, 2.75) is 31.2 Å². The minimum absolute atomic E-state index is 0.000614. The summed E-state index contributed by atoms with van der Waals surface area (Å²) in [4.78, 5) is 37.7. The third-order valence-electron chi connectivity index (χ3n) is 7.00. The summed E-state index contributed by atoms with van der Waals surface area (Å²) in [5.74, 6) is -1.44. The van der Waals surface area contributed by atoms with Crippen molar-refractivity contribution in [3.05, 3.63) is 59.7 Å². The van der Waals surface area contributed by atoms with Gasteiger partial charge in [-0.25, -0.2) is 4.79 Å². The molecule has 7 nitrogen and oxygen atoms in total. The normalized spacial score (nSPS) is 23.8. The van der Waals surface area contributed by atoms with Crippen LogP contribution < -0.4 is 5.32 Å². The van der Waals surface area contributed by atoms with Crippen LogP contribution >= 0.6 is 0 Å². The molecule has 5 rings (SSSR count). The lowest BCUT2D eigenvalue weighted by Crippen LogP contribution is -2.50. The summed E-state index contributed by atoms with van der Waals surface area (Å²) in [6.45, 7) is 1.05. The van der Waals surface area contributed by atoms with Crippen LogP contribution in [0.3, 0.4) is 0 Å². The Kier molecular flexibility index (Phi) is 5.33. The summed E-state index contributed by atoms with van der Waals surface area (Å²) < 4.78 is 5.57. The van der Waals surface area contributed by atoms with E-state index in [0.29, 0.717) is 25.8 Å². The van der Waals surface area contributed by atoms with Crippen LogP contribution in [0.15, 0.2) is 48.5 Å². The van der Waals surface area contributed by atoms with E-state index < -0.39 is 18.0 Å². The molecule has 7 heteroatoms. The summed E-state index contributed by atoms with van der Waals surface area (Å²) in [5, 5.41) is 12.0. The molecular weight excluding hydrogens is 408 g/mol. The number of hydrogen-bond acceptors (Lipinski definition) is 4. The third kappa shape index (κ3) is 3.72. The zero-order valence-electron chi connectivity index (χ0n) is 17.7. The van der Waals surface area contributed by atoms with Gasteiger partial charge in [-0.1, -0.05) is 48.5 Å². The molecule has 32 heavy (non-hydrogen) atoms. The summed E-state index contributed by atoms with van der Waals surface area (Å²) in [5.41, 5.74) is 4.70. The largest absolute Gasteiger partial charge is 0.481 e. The van der Waals surface area contributed by atoms with Crippen LogP contribution in [0.2, 0.25) is 0 Å². The van der Waals surface area contributed by atoms with E-state index in [-0.39, 0.29) is 36.9 Å². The van der Waals surface area contributed by atoms with Crippen LogP contribution in [0.5, 0.6) is 0 Å². The molecule has 1 heterocycles. The van der Waals surface area contributed by atoms with Crippen molar-refractivity contribution in [2.75, 3.05) is 19.7 Å².